The summed E-state index contributed by atoms with van der Waals surface area (Å²) in [6.45, 7) is 0.194. The lowest BCUT2D eigenvalue weighted by Crippen LogP contribution is -2.45. The minimum Gasteiger partial charge on any atom is -0.354 e. The van der Waals surface area contributed by atoms with Gasteiger partial charge in [-0.05, 0) is 42.5 Å². The van der Waals surface area contributed by atoms with Crippen molar-refractivity contribution in [2.75, 3.05) is 18.4 Å². The van der Waals surface area contributed by atoms with Gasteiger partial charge in [-0.15, -0.1) is 11.3 Å². The van der Waals surface area contributed by atoms with Crippen LogP contribution < -0.4 is 16.0 Å². The van der Waals surface area contributed by atoms with Gasteiger partial charge in [0.05, 0.1) is 11.6 Å². The van der Waals surface area contributed by atoms with Gasteiger partial charge in [0, 0.05) is 22.5 Å². The molecule has 1 aliphatic rings. The van der Waals surface area contributed by atoms with Crippen LogP contribution in [0, 0.1) is 5.82 Å². The SMILES string of the molecule is O=C(CNC(=O)C(=O)Nc1ccc(F)c(Cl)c1)NCC1(c2cccs2)CCCC1. The maximum atomic E-state index is 13.1. The van der Waals surface area contributed by atoms with E-state index in [4.69, 9.17) is 11.6 Å². The van der Waals surface area contributed by atoms with Crippen LogP contribution in [0.2, 0.25) is 5.02 Å². The van der Waals surface area contributed by atoms with E-state index in [1.165, 1.54) is 17.0 Å². The Balaban J connectivity index is 1.46. The zero-order chi connectivity index (χ0) is 20.9. The van der Waals surface area contributed by atoms with Crippen LogP contribution in [0.15, 0.2) is 35.7 Å². The molecule has 0 spiro atoms. The Bertz CT molecular complexity index is 898. The molecule has 1 aromatic carbocycles. The largest absolute Gasteiger partial charge is 0.354 e. The van der Waals surface area contributed by atoms with Gasteiger partial charge in [-0.1, -0.05) is 30.5 Å². The first-order chi connectivity index (χ1) is 13.9. The molecule has 1 heterocycles. The van der Waals surface area contributed by atoms with E-state index >= 15 is 0 Å². The quantitative estimate of drug-likeness (QED) is 0.606. The van der Waals surface area contributed by atoms with Crippen molar-refractivity contribution in [3.05, 3.63) is 51.4 Å². The molecule has 29 heavy (non-hydrogen) atoms. The minimum absolute atomic E-state index is 0.0485. The number of rotatable bonds is 6. The Labute approximate surface area is 176 Å². The predicted molar refractivity (Wildman–Crippen MR) is 111 cm³/mol. The number of anilines is 1. The lowest BCUT2D eigenvalue weighted by molar-refractivity contribution is -0.136. The van der Waals surface area contributed by atoms with E-state index in [2.05, 4.69) is 22.0 Å². The Hall–Kier alpha value is -2.45. The Morgan fingerprint density at radius 2 is 1.86 bits per heavy atom. The number of nitrogens with one attached hydrogen (secondary N) is 3. The molecule has 0 saturated heterocycles. The fourth-order valence-corrected chi connectivity index (χ4v) is 4.64. The van der Waals surface area contributed by atoms with Gasteiger partial charge in [0.1, 0.15) is 5.82 Å². The molecule has 0 unspecified atom stereocenters. The van der Waals surface area contributed by atoms with Crippen molar-refractivity contribution in [2.45, 2.75) is 31.1 Å². The second kappa shape index (κ2) is 9.37. The maximum absolute atomic E-state index is 13.1. The number of thiophene rings is 1. The molecule has 154 valence electrons. The number of carbonyl (C=O) groups is 3. The Kier molecular flexibility index (Phi) is 6.87. The highest BCUT2D eigenvalue weighted by Crippen LogP contribution is 2.42. The summed E-state index contributed by atoms with van der Waals surface area (Å²) in [5, 5.41) is 9.32. The fourth-order valence-electron chi connectivity index (χ4n) is 3.48. The lowest BCUT2D eigenvalue weighted by atomic mass is 9.84. The van der Waals surface area contributed by atoms with Crippen molar-refractivity contribution >= 4 is 46.3 Å². The molecule has 0 radical (unpaired) electrons. The molecule has 2 aromatic rings. The van der Waals surface area contributed by atoms with Crippen LogP contribution in [0.3, 0.4) is 0 Å². The average molecular weight is 438 g/mol. The number of carbonyl (C=O) groups excluding carboxylic acids is 3. The maximum Gasteiger partial charge on any atom is 0.313 e. The number of hydrogen-bond acceptors (Lipinski definition) is 4. The van der Waals surface area contributed by atoms with Crippen molar-refractivity contribution in [3.63, 3.8) is 0 Å². The van der Waals surface area contributed by atoms with Crippen LogP contribution in [0.5, 0.6) is 0 Å². The smallest absolute Gasteiger partial charge is 0.313 e. The van der Waals surface area contributed by atoms with Gasteiger partial charge in [0.2, 0.25) is 5.91 Å². The number of halogens is 2. The van der Waals surface area contributed by atoms with E-state index in [9.17, 15) is 18.8 Å². The van der Waals surface area contributed by atoms with Crippen molar-refractivity contribution in [3.8, 4) is 0 Å². The van der Waals surface area contributed by atoms with Gasteiger partial charge < -0.3 is 16.0 Å². The summed E-state index contributed by atoms with van der Waals surface area (Å²) >= 11 is 7.33. The van der Waals surface area contributed by atoms with Crippen LogP contribution in [0.25, 0.3) is 0 Å². The summed E-state index contributed by atoms with van der Waals surface area (Å²) in [6.07, 6.45) is 4.28. The fraction of sp³-hybridized carbons (Fsp3) is 0.350. The molecule has 3 N–H and O–H groups in total. The molecular weight excluding hydrogens is 417 g/mol. The normalized spacial score (nSPS) is 15.0. The van der Waals surface area contributed by atoms with Crippen molar-refractivity contribution < 1.29 is 18.8 Å². The molecule has 1 aliphatic carbocycles. The van der Waals surface area contributed by atoms with Crippen LogP contribution in [-0.2, 0) is 19.8 Å². The van der Waals surface area contributed by atoms with Crippen LogP contribution in [0.4, 0.5) is 10.1 Å². The highest BCUT2D eigenvalue weighted by atomic mass is 35.5. The summed E-state index contributed by atoms with van der Waals surface area (Å²) in [5.41, 5.74) is 0.132. The summed E-state index contributed by atoms with van der Waals surface area (Å²) in [7, 11) is 0. The minimum atomic E-state index is -0.966. The highest BCUT2D eigenvalue weighted by molar-refractivity contribution is 7.10. The second-order valence-electron chi connectivity index (χ2n) is 7.01. The zero-order valence-corrected chi connectivity index (χ0v) is 17.2. The molecule has 1 fully saturated rings. The number of amides is 3. The summed E-state index contributed by atoms with van der Waals surface area (Å²) in [5.74, 6) is -2.92. The first kappa shape index (κ1) is 21.3. The topological polar surface area (TPSA) is 87.3 Å². The first-order valence-corrected chi connectivity index (χ1v) is 10.5. The second-order valence-corrected chi connectivity index (χ2v) is 8.36. The van der Waals surface area contributed by atoms with Gasteiger partial charge >= 0.3 is 11.8 Å². The first-order valence-electron chi connectivity index (χ1n) is 9.24. The van der Waals surface area contributed by atoms with Gasteiger partial charge in [0.25, 0.3) is 0 Å². The monoisotopic (exact) mass is 437 g/mol. The third-order valence-corrected chi connectivity index (χ3v) is 6.43. The van der Waals surface area contributed by atoms with Crippen LogP contribution >= 0.6 is 22.9 Å². The van der Waals surface area contributed by atoms with Gasteiger partial charge in [0.15, 0.2) is 0 Å². The van der Waals surface area contributed by atoms with E-state index in [0.29, 0.717) is 6.54 Å². The average Bonchev–Trinajstić information content (AvgIpc) is 3.40. The molecule has 0 atom stereocenters. The Morgan fingerprint density at radius 3 is 2.52 bits per heavy atom. The molecule has 3 rings (SSSR count). The molecule has 1 saturated carbocycles. The van der Waals surface area contributed by atoms with Crippen molar-refractivity contribution in [1.29, 1.82) is 0 Å². The standard InChI is InChI=1S/C20H21ClFN3O3S/c21-14-10-13(5-6-15(14)22)25-19(28)18(27)23-11-17(26)24-12-20(7-1-2-8-20)16-4-3-9-29-16/h3-6,9-10H,1-2,7-8,11-12H2,(H,23,27)(H,24,26)(H,25,28). The van der Waals surface area contributed by atoms with Gasteiger partial charge in [-0.2, -0.15) is 0 Å². The molecule has 1 aromatic heterocycles. The number of hydrogen-bond donors (Lipinski definition) is 3. The van der Waals surface area contributed by atoms with E-state index in [-0.39, 0.29) is 28.6 Å². The molecule has 9 heteroatoms. The Morgan fingerprint density at radius 1 is 1.10 bits per heavy atom. The zero-order valence-electron chi connectivity index (χ0n) is 15.6. The summed E-state index contributed by atoms with van der Waals surface area (Å²) in [6, 6.07) is 7.66. The highest BCUT2D eigenvalue weighted by Gasteiger charge is 2.36. The third-order valence-electron chi connectivity index (χ3n) is 5.02. The summed E-state index contributed by atoms with van der Waals surface area (Å²) in [4.78, 5) is 37.2. The molecule has 6 nitrogen and oxygen atoms in total. The van der Waals surface area contributed by atoms with E-state index in [1.807, 2.05) is 11.4 Å². The van der Waals surface area contributed by atoms with Crippen molar-refractivity contribution in [2.24, 2.45) is 0 Å². The lowest BCUT2D eigenvalue weighted by Gasteiger charge is -2.28. The van der Waals surface area contributed by atoms with Crippen molar-refractivity contribution in [1.82, 2.24) is 10.6 Å². The van der Waals surface area contributed by atoms with E-state index < -0.39 is 17.6 Å². The van der Waals surface area contributed by atoms with Gasteiger partial charge in [-0.3, -0.25) is 14.4 Å². The van der Waals surface area contributed by atoms with E-state index in [1.54, 1.807) is 11.3 Å². The van der Waals surface area contributed by atoms with Crippen LogP contribution in [-0.4, -0.2) is 30.8 Å². The molecular formula is C20H21ClFN3O3S. The molecule has 0 bridgehead atoms. The van der Waals surface area contributed by atoms with E-state index in [0.717, 1.165) is 31.7 Å². The molecule has 3 amide bonds. The summed E-state index contributed by atoms with van der Waals surface area (Å²) < 4.78 is 13.1. The number of benzene rings is 1. The third kappa shape index (κ3) is 5.33. The predicted octanol–water partition coefficient (Wildman–Crippen LogP) is 3.22. The molecule has 0 aliphatic heterocycles. The van der Waals surface area contributed by atoms with Gasteiger partial charge in [-0.25, -0.2) is 4.39 Å². The van der Waals surface area contributed by atoms with Crippen LogP contribution in [0.1, 0.15) is 30.6 Å².